The van der Waals surface area contributed by atoms with Crippen LogP contribution in [0.1, 0.15) is 35.7 Å². The van der Waals surface area contributed by atoms with E-state index in [1.807, 2.05) is 73.8 Å². The van der Waals surface area contributed by atoms with Crippen molar-refractivity contribution in [2.24, 2.45) is 0 Å². The monoisotopic (exact) mass is 307 g/mol. The second kappa shape index (κ2) is 6.24. The Hall–Kier alpha value is -2.62. The number of fused-ring (bicyclic) bond motifs is 1. The van der Waals surface area contributed by atoms with Crippen LogP contribution in [-0.4, -0.2) is 21.8 Å². The molecule has 0 aliphatic rings. The van der Waals surface area contributed by atoms with Gasteiger partial charge in [-0.05, 0) is 43.7 Å². The molecule has 0 aliphatic heterocycles. The Balaban J connectivity index is 2.08. The van der Waals surface area contributed by atoms with E-state index in [1.54, 1.807) is 4.90 Å². The lowest BCUT2D eigenvalue weighted by Crippen LogP contribution is -2.31. The maximum atomic E-state index is 13.1. The molecule has 0 aliphatic carbocycles. The lowest BCUT2D eigenvalue weighted by Gasteiger charge is -2.20. The van der Waals surface area contributed by atoms with Gasteiger partial charge in [-0.2, -0.15) is 0 Å². The molecule has 118 valence electrons. The summed E-state index contributed by atoms with van der Waals surface area (Å²) < 4.78 is 2.00. The summed E-state index contributed by atoms with van der Waals surface area (Å²) in [4.78, 5) is 19.5. The quantitative estimate of drug-likeness (QED) is 0.734. The van der Waals surface area contributed by atoms with E-state index in [2.05, 4.69) is 4.98 Å². The van der Waals surface area contributed by atoms with Crippen LogP contribution in [0, 0.1) is 6.92 Å². The molecular weight excluding hydrogens is 286 g/mol. The van der Waals surface area contributed by atoms with E-state index in [1.165, 1.54) is 0 Å². The normalized spacial score (nSPS) is 10.9. The summed E-state index contributed by atoms with van der Waals surface area (Å²) in [7, 11) is 0. The Morgan fingerprint density at radius 3 is 2.70 bits per heavy atom. The van der Waals surface area contributed by atoms with Gasteiger partial charge in [-0.25, -0.2) is 4.98 Å². The molecule has 23 heavy (non-hydrogen) atoms. The molecule has 0 radical (unpaired) electrons. The van der Waals surface area contributed by atoms with Gasteiger partial charge in [0, 0.05) is 24.8 Å². The molecular formula is C19H21N3O. The Labute approximate surface area is 136 Å². The van der Waals surface area contributed by atoms with Crippen molar-refractivity contribution < 1.29 is 4.79 Å². The number of aryl methyl sites for hydroxylation is 2. The first kappa shape index (κ1) is 15.3. The maximum absolute atomic E-state index is 13.1. The molecule has 0 unspecified atom stereocenters. The molecule has 0 saturated carbocycles. The minimum Gasteiger partial charge on any atom is -0.307 e. The average Bonchev–Trinajstić information content (AvgIpc) is 2.94. The Morgan fingerprint density at radius 1 is 1.17 bits per heavy atom. The second-order valence-corrected chi connectivity index (χ2v) is 5.57. The van der Waals surface area contributed by atoms with Crippen LogP contribution in [0.5, 0.6) is 0 Å². The molecule has 0 atom stereocenters. The summed E-state index contributed by atoms with van der Waals surface area (Å²) in [6.45, 7) is 6.67. The third kappa shape index (κ3) is 2.72. The highest BCUT2D eigenvalue weighted by Crippen LogP contribution is 2.21. The summed E-state index contributed by atoms with van der Waals surface area (Å²) in [6, 6.07) is 13.8. The number of pyridine rings is 1. The summed E-state index contributed by atoms with van der Waals surface area (Å²) in [5.74, 6) is 0.853. The van der Waals surface area contributed by atoms with Gasteiger partial charge in [-0.15, -0.1) is 0 Å². The number of rotatable bonds is 4. The standard InChI is InChI=1S/C19H21N3O/c1-4-17-20-18(16-11-6-7-12-22(16)17)19(23)21(5-2)15-10-8-9-14(3)13-15/h6-13H,4-5H2,1-3H3. The van der Waals surface area contributed by atoms with E-state index >= 15 is 0 Å². The number of amides is 1. The topological polar surface area (TPSA) is 37.6 Å². The molecule has 1 amide bonds. The predicted octanol–water partition coefficient (Wildman–Crippen LogP) is 3.87. The number of hydrogen-bond donors (Lipinski definition) is 0. The van der Waals surface area contributed by atoms with Crippen molar-refractivity contribution in [3.05, 3.63) is 65.7 Å². The minimum atomic E-state index is -0.0542. The van der Waals surface area contributed by atoms with Crippen LogP contribution in [0.25, 0.3) is 5.52 Å². The van der Waals surface area contributed by atoms with Crippen molar-refractivity contribution in [3.63, 3.8) is 0 Å². The molecule has 3 aromatic rings. The van der Waals surface area contributed by atoms with Crippen LogP contribution < -0.4 is 4.90 Å². The van der Waals surface area contributed by atoms with Gasteiger partial charge >= 0.3 is 0 Å². The highest BCUT2D eigenvalue weighted by atomic mass is 16.2. The Bertz CT molecular complexity index is 851. The smallest absolute Gasteiger partial charge is 0.279 e. The Morgan fingerprint density at radius 2 is 2.00 bits per heavy atom. The molecule has 0 bridgehead atoms. The summed E-state index contributed by atoms with van der Waals surface area (Å²) in [5, 5.41) is 0. The molecule has 0 spiro atoms. The fourth-order valence-corrected chi connectivity index (χ4v) is 2.88. The van der Waals surface area contributed by atoms with Gasteiger partial charge in [0.05, 0.1) is 5.52 Å². The second-order valence-electron chi connectivity index (χ2n) is 5.57. The van der Waals surface area contributed by atoms with Gasteiger partial charge < -0.3 is 9.30 Å². The van der Waals surface area contributed by atoms with E-state index in [0.29, 0.717) is 12.2 Å². The van der Waals surface area contributed by atoms with Crippen molar-refractivity contribution in [1.82, 2.24) is 9.38 Å². The average molecular weight is 307 g/mol. The summed E-state index contributed by atoms with van der Waals surface area (Å²) >= 11 is 0. The van der Waals surface area contributed by atoms with Crippen LogP contribution in [-0.2, 0) is 6.42 Å². The summed E-state index contributed by atoms with van der Waals surface area (Å²) in [5.41, 5.74) is 3.43. The van der Waals surface area contributed by atoms with Crippen LogP contribution >= 0.6 is 0 Å². The molecule has 3 rings (SSSR count). The molecule has 4 nitrogen and oxygen atoms in total. The van der Waals surface area contributed by atoms with E-state index in [0.717, 1.165) is 29.0 Å². The largest absolute Gasteiger partial charge is 0.307 e. The fourth-order valence-electron chi connectivity index (χ4n) is 2.88. The maximum Gasteiger partial charge on any atom is 0.279 e. The van der Waals surface area contributed by atoms with Gasteiger partial charge in [0.25, 0.3) is 5.91 Å². The first-order valence-electron chi connectivity index (χ1n) is 8.00. The van der Waals surface area contributed by atoms with Gasteiger partial charge in [0.2, 0.25) is 0 Å². The highest BCUT2D eigenvalue weighted by molar-refractivity contribution is 6.09. The molecule has 2 heterocycles. The van der Waals surface area contributed by atoms with Gasteiger partial charge in [0.15, 0.2) is 5.69 Å². The molecule has 2 aromatic heterocycles. The number of benzene rings is 1. The lowest BCUT2D eigenvalue weighted by molar-refractivity contribution is 0.0985. The third-order valence-corrected chi connectivity index (χ3v) is 4.01. The van der Waals surface area contributed by atoms with Crippen molar-refractivity contribution in [2.45, 2.75) is 27.2 Å². The molecule has 0 saturated heterocycles. The molecule has 4 heteroatoms. The zero-order valence-electron chi connectivity index (χ0n) is 13.8. The number of imidazole rings is 1. The van der Waals surface area contributed by atoms with Crippen molar-refractivity contribution in [1.29, 1.82) is 0 Å². The predicted molar refractivity (Wildman–Crippen MR) is 93.1 cm³/mol. The number of carbonyl (C=O) groups is 1. The van der Waals surface area contributed by atoms with Crippen LogP contribution in [0.3, 0.4) is 0 Å². The Kier molecular flexibility index (Phi) is 4.15. The van der Waals surface area contributed by atoms with Crippen LogP contribution in [0.15, 0.2) is 48.7 Å². The lowest BCUT2D eigenvalue weighted by atomic mass is 10.2. The number of hydrogen-bond acceptors (Lipinski definition) is 2. The summed E-state index contributed by atoms with van der Waals surface area (Å²) in [6.07, 6.45) is 2.75. The first-order chi connectivity index (χ1) is 11.2. The van der Waals surface area contributed by atoms with Gasteiger partial charge in [-0.1, -0.05) is 25.1 Å². The van der Waals surface area contributed by atoms with Crippen molar-refractivity contribution in [2.75, 3.05) is 11.4 Å². The zero-order chi connectivity index (χ0) is 16.4. The molecule has 0 N–H and O–H groups in total. The fraction of sp³-hybridized carbons (Fsp3) is 0.263. The van der Waals surface area contributed by atoms with Crippen LogP contribution in [0.2, 0.25) is 0 Å². The van der Waals surface area contributed by atoms with Crippen molar-refractivity contribution >= 4 is 17.1 Å². The first-order valence-corrected chi connectivity index (χ1v) is 8.00. The van der Waals surface area contributed by atoms with E-state index in [9.17, 15) is 4.79 Å². The molecule has 1 aromatic carbocycles. The SMILES string of the molecule is CCc1nc(C(=O)N(CC)c2cccc(C)c2)c2ccccn12. The highest BCUT2D eigenvalue weighted by Gasteiger charge is 2.22. The number of aromatic nitrogens is 2. The van der Waals surface area contributed by atoms with Crippen molar-refractivity contribution in [3.8, 4) is 0 Å². The third-order valence-electron chi connectivity index (χ3n) is 4.01. The number of nitrogens with zero attached hydrogens (tertiary/aromatic N) is 3. The zero-order valence-corrected chi connectivity index (χ0v) is 13.8. The van der Waals surface area contributed by atoms with Gasteiger partial charge in [0.1, 0.15) is 5.82 Å². The van der Waals surface area contributed by atoms with E-state index in [-0.39, 0.29) is 5.91 Å². The minimum absolute atomic E-state index is 0.0542. The van der Waals surface area contributed by atoms with Crippen LogP contribution in [0.4, 0.5) is 5.69 Å². The van der Waals surface area contributed by atoms with E-state index < -0.39 is 0 Å². The number of anilines is 1. The number of carbonyl (C=O) groups excluding carboxylic acids is 1. The van der Waals surface area contributed by atoms with E-state index in [4.69, 9.17) is 0 Å². The molecule has 0 fully saturated rings. The van der Waals surface area contributed by atoms with Gasteiger partial charge in [-0.3, -0.25) is 4.79 Å².